The van der Waals surface area contributed by atoms with Crippen molar-refractivity contribution in [2.45, 2.75) is 47.7 Å². The van der Waals surface area contributed by atoms with Gasteiger partial charge in [-0.3, -0.25) is 4.68 Å². The lowest BCUT2D eigenvalue weighted by Crippen LogP contribution is -2.30. The fourth-order valence-electron chi connectivity index (χ4n) is 2.40. The summed E-state index contributed by atoms with van der Waals surface area (Å²) in [6.45, 7) is 14.3. The van der Waals surface area contributed by atoms with Crippen LogP contribution in [0.5, 0.6) is 0 Å². The van der Waals surface area contributed by atoms with Crippen LogP contribution in [-0.2, 0) is 13.1 Å². The van der Waals surface area contributed by atoms with Crippen LogP contribution >= 0.6 is 0 Å². The Bertz CT molecular complexity index is 307. The molecular weight excluding hydrogens is 210 g/mol. The molecule has 0 aromatic carbocycles. The number of hydrogen-bond acceptors (Lipinski definition) is 2. The highest BCUT2D eigenvalue weighted by atomic mass is 15.3. The van der Waals surface area contributed by atoms with Crippen molar-refractivity contribution in [3.63, 3.8) is 0 Å². The van der Waals surface area contributed by atoms with E-state index in [4.69, 9.17) is 0 Å². The van der Waals surface area contributed by atoms with Crippen LogP contribution < -0.4 is 5.32 Å². The number of aryl methyl sites for hydroxylation is 1. The molecule has 0 unspecified atom stereocenters. The molecule has 1 aromatic heterocycles. The molecule has 1 heterocycles. The average molecular weight is 237 g/mol. The predicted octanol–water partition coefficient (Wildman–Crippen LogP) is 2.92. The minimum atomic E-state index is 0.735. The van der Waals surface area contributed by atoms with Gasteiger partial charge in [0.15, 0.2) is 0 Å². The third-order valence-electron chi connectivity index (χ3n) is 3.50. The summed E-state index contributed by atoms with van der Waals surface area (Å²) in [5.74, 6) is 2.21. The topological polar surface area (TPSA) is 29.9 Å². The maximum absolute atomic E-state index is 4.28. The summed E-state index contributed by atoms with van der Waals surface area (Å²) in [5, 5.41) is 7.84. The number of aromatic nitrogens is 2. The van der Waals surface area contributed by atoms with Crippen LogP contribution in [0, 0.1) is 17.8 Å². The van der Waals surface area contributed by atoms with Gasteiger partial charge in [0, 0.05) is 19.3 Å². The van der Waals surface area contributed by atoms with Crippen molar-refractivity contribution < 1.29 is 0 Å². The summed E-state index contributed by atoms with van der Waals surface area (Å²) in [6, 6.07) is 2.09. The Labute approximate surface area is 106 Å². The van der Waals surface area contributed by atoms with Crippen molar-refractivity contribution >= 4 is 0 Å². The Kier molecular flexibility index (Phi) is 5.69. The highest BCUT2D eigenvalue weighted by molar-refractivity contribution is 4.99. The lowest BCUT2D eigenvalue weighted by atomic mass is 9.85. The molecule has 0 radical (unpaired) electrons. The number of hydrogen-bond donors (Lipinski definition) is 1. The van der Waals surface area contributed by atoms with Crippen molar-refractivity contribution in [2.75, 3.05) is 6.54 Å². The maximum atomic E-state index is 4.28. The zero-order chi connectivity index (χ0) is 12.8. The molecule has 1 N–H and O–H groups in total. The summed E-state index contributed by atoms with van der Waals surface area (Å²) in [4.78, 5) is 0. The highest BCUT2D eigenvalue weighted by Crippen LogP contribution is 2.19. The van der Waals surface area contributed by atoms with Gasteiger partial charge < -0.3 is 5.32 Å². The van der Waals surface area contributed by atoms with E-state index in [1.165, 1.54) is 5.69 Å². The first kappa shape index (κ1) is 14.2. The van der Waals surface area contributed by atoms with E-state index in [2.05, 4.69) is 51.1 Å². The molecule has 0 fully saturated rings. The summed E-state index contributed by atoms with van der Waals surface area (Å²) < 4.78 is 2.05. The SMILES string of the molecule is CCn1nccc1CNCC(C(C)C)C(C)C. The van der Waals surface area contributed by atoms with Gasteiger partial charge in [-0.25, -0.2) is 0 Å². The lowest BCUT2D eigenvalue weighted by molar-refractivity contribution is 0.274. The normalized spacial score (nSPS) is 12.0. The van der Waals surface area contributed by atoms with E-state index in [9.17, 15) is 0 Å². The Morgan fingerprint density at radius 2 is 1.88 bits per heavy atom. The fraction of sp³-hybridized carbons (Fsp3) is 0.786. The largest absolute Gasteiger partial charge is 0.311 e. The zero-order valence-corrected chi connectivity index (χ0v) is 11.9. The summed E-state index contributed by atoms with van der Waals surface area (Å²) in [6.07, 6.45) is 1.88. The van der Waals surface area contributed by atoms with Gasteiger partial charge in [0.25, 0.3) is 0 Å². The molecule has 0 amide bonds. The first-order chi connectivity index (χ1) is 8.06. The van der Waals surface area contributed by atoms with E-state index in [1.54, 1.807) is 0 Å². The summed E-state index contributed by atoms with van der Waals surface area (Å²) in [5.41, 5.74) is 1.28. The number of rotatable bonds is 7. The smallest absolute Gasteiger partial charge is 0.0521 e. The monoisotopic (exact) mass is 237 g/mol. The molecule has 0 aliphatic rings. The van der Waals surface area contributed by atoms with E-state index in [0.29, 0.717) is 0 Å². The molecule has 0 saturated heterocycles. The van der Waals surface area contributed by atoms with Gasteiger partial charge in [0.05, 0.1) is 5.69 Å². The third-order valence-corrected chi connectivity index (χ3v) is 3.50. The molecule has 3 nitrogen and oxygen atoms in total. The van der Waals surface area contributed by atoms with Crippen molar-refractivity contribution in [3.8, 4) is 0 Å². The second-order valence-electron chi connectivity index (χ2n) is 5.42. The first-order valence-corrected chi connectivity index (χ1v) is 6.77. The molecule has 0 spiro atoms. The van der Waals surface area contributed by atoms with Gasteiger partial charge in [-0.1, -0.05) is 27.7 Å². The standard InChI is InChI=1S/C14H27N3/c1-6-17-13(7-8-16-17)9-15-10-14(11(2)3)12(4)5/h7-8,11-12,14-15H,6,9-10H2,1-5H3. The molecule has 0 aliphatic carbocycles. The van der Waals surface area contributed by atoms with E-state index in [-0.39, 0.29) is 0 Å². The van der Waals surface area contributed by atoms with Gasteiger partial charge in [0.1, 0.15) is 0 Å². The van der Waals surface area contributed by atoms with Crippen LogP contribution in [0.15, 0.2) is 12.3 Å². The molecular formula is C14H27N3. The first-order valence-electron chi connectivity index (χ1n) is 6.77. The molecule has 0 bridgehead atoms. The minimum absolute atomic E-state index is 0.735. The van der Waals surface area contributed by atoms with E-state index in [1.807, 2.05) is 10.9 Å². The number of nitrogens with one attached hydrogen (secondary N) is 1. The Hall–Kier alpha value is -0.830. The van der Waals surface area contributed by atoms with Crippen LogP contribution in [0.4, 0.5) is 0 Å². The maximum Gasteiger partial charge on any atom is 0.0521 e. The van der Waals surface area contributed by atoms with E-state index >= 15 is 0 Å². The van der Waals surface area contributed by atoms with Crippen LogP contribution in [-0.4, -0.2) is 16.3 Å². The van der Waals surface area contributed by atoms with Crippen LogP contribution in [0.3, 0.4) is 0 Å². The quantitative estimate of drug-likeness (QED) is 0.790. The van der Waals surface area contributed by atoms with Crippen molar-refractivity contribution in [2.24, 2.45) is 17.8 Å². The van der Waals surface area contributed by atoms with Crippen molar-refractivity contribution in [1.29, 1.82) is 0 Å². The van der Waals surface area contributed by atoms with Gasteiger partial charge in [-0.2, -0.15) is 5.10 Å². The molecule has 98 valence electrons. The summed E-state index contributed by atoms with van der Waals surface area (Å²) in [7, 11) is 0. The summed E-state index contributed by atoms with van der Waals surface area (Å²) >= 11 is 0. The second kappa shape index (κ2) is 6.80. The Morgan fingerprint density at radius 1 is 1.24 bits per heavy atom. The molecule has 1 rings (SSSR count). The average Bonchev–Trinajstić information content (AvgIpc) is 2.70. The van der Waals surface area contributed by atoms with Crippen LogP contribution in [0.25, 0.3) is 0 Å². The Balaban J connectivity index is 2.41. The van der Waals surface area contributed by atoms with Gasteiger partial charge in [-0.05, 0) is 37.3 Å². The van der Waals surface area contributed by atoms with Gasteiger partial charge in [0.2, 0.25) is 0 Å². The predicted molar refractivity (Wildman–Crippen MR) is 72.8 cm³/mol. The molecule has 0 atom stereocenters. The van der Waals surface area contributed by atoms with Gasteiger partial charge in [-0.15, -0.1) is 0 Å². The Morgan fingerprint density at radius 3 is 2.41 bits per heavy atom. The lowest BCUT2D eigenvalue weighted by Gasteiger charge is -2.25. The third kappa shape index (κ3) is 4.15. The van der Waals surface area contributed by atoms with E-state index < -0.39 is 0 Å². The van der Waals surface area contributed by atoms with Gasteiger partial charge >= 0.3 is 0 Å². The highest BCUT2D eigenvalue weighted by Gasteiger charge is 2.16. The van der Waals surface area contributed by atoms with Crippen LogP contribution in [0.1, 0.15) is 40.3 Å². The molecule has 0 saturated carbocycles. The molecule has 17 heavy (non-hydrogen) atoms. The fourth-order valence-corrected chi connectivity index (χ4v) is 2.40. The van der Waals surface area contributed by atoms with Crippen LogP contribution in [0.2, 0.25) is 0 Å². The molecule has 3 heteroatoms. The minimum Gasteiger partial charge on any atom is -0.311 e. The van der Waals surface area contributed by atoms with Crippen molar-refractivity contribution in [1.82, 2.24) is 15.1 Å². The molecule has 0 aliphatic heterocycles. The van der Waals surface area contributed by atoms with Crippen molar-refractivity contribution in [3.05, 3.63) is 18.0 Å². The van der Waals surface area contributed by atoms with E-state index in [0.717, 1.165) is 37.4 Å². The second-order valence-corrected chi connectivity index (χ2v) is 5.42. The number of nitrogens with zero attached hydrogens (tertiary/aromatic N) is 2. The molecule has 1 aromatic rings. The zero-order valence-electron chi connectivity index (χ0n) is 11.9.